The zero-order chi connectivity index (χ0) is 20.0. The number of methoxy groups -OCH3 is 1. The van der Waals surface area contributed by atoms with Crippen LogP contribution >= 0.6 is 0 Å². The molecule has 0 spiro atoms. The zero-order valence-electron chi connectivity index (χ0n) is 16.1. The predicted octanol–water partition coefficient (Wildman–Crippen LogP) is 3.93. The van der Waals surface area contributed by atoms with E-state index in [0.717, 1.165) is 11.3 Å². The topological polar surface area (TPSA) is 84.7 Å². The van der Waals surface area contributed by atoms with Crippen LogP contribution in [0.25, 0.3) is 0 Å². The van der Waals surface area contributed by atoms with Crippen LogP contribution in [0.2, 0.25) is 0 Å². The van der Waals surface area contributed by atoms with Gasteiger partial charge < -0.3 is 10.1 Å². The highest BCUT2D eigenvalue weighted by Crippen LogP contribution is 2.25. The summed E-state index contributed by atoms with van der Waals surface area (Å²) in [6, 6.07) is 12.4. The first-order valence-corrected chi connectivity index (χ1v) is 8.78. The third-order valence-electron chi connectivity index (χ3n) is 4.57. The molecule has 2 aromatic rings. The lowest BCUT2D eigenvalue weighted by Gasteiger charge is -2.27. The summed E-state index contributed by atoms with van der Waals surface area (Å²) in [7, 11) is 1.62. The van der Waals surface area contributed by atoms with Gasteiger partial charge in [-0.2, -0.15) is 0 Å². The molecule has 0 aliphatic heterocycles. The third kappa shape index (κ3) is 5.27. The number of nitro benzene ring substituents is 1. The van der Waals surface area contributed by atoms with Gasteiger partial charge in [-0.25, -0.2) is 0 Å². The van der Waals surface area contributed by atoms with Gasteiger partial charge in [-0.05, 0) is 44.2 Å². The molecule has 0 saturated carbocycles. The van der Waals surface area contributed by atoms with Crippen molar-refractivity contribution in [3.05, 3.63) is 63.7 Å². The maximum absolute atomic E-state index is 12.5. The summed E-state index contributed by atoms with van der Waals surface area (Å²) in [4.78, 5) is 25.1. The highest BCUT2D eigenvalue weighted by Gasteiger charge is 2.19. The van der Waals surface area contributed by atoms with Crippen molar-refractivity contribution in [3.63, 3.8) is 0 Å². The fourth-order valence-electron chi connectivity index (χ4n) is 2.90. The second-order valence-corrected chi connectivity index (χ2v) is 6.32. The monoisotopic (exact) mass is 371 g/mol. The molecule has 27 heavy (non-hydrogen) atoms. The van der Waals surface area contributed by atoms with Gasteiger partial charge in [0.05, 0.1) is 18.6 Å². The number of ether oxygens (including phenoxy) is 1. The van der Waals surface area contributed by atoms with Gasteiger partial charge in [0.2, 0.25) is 5.91 Å². The van der Waals surface area contributed by atoms with Crippen LogP contribution < -0.4 is 10.1 Å². The number of hydrogen-bond donors (Lipinski definition) is 1. The molecule has 1 unspecified atom stereocenters. The van der Waals surface area contributed by atoms with Crippen molar-refractivity contribution in [2.45, 2.75) is 26.8 Å². The van der Waals surface area contributed by atoms with Gasteiger partial charge in [-0.15, -0.1) is 0 Å². The largest absolute Gasteiger partial charge is 0.497 e. The molecule has 0 fully saturated rings. The summed E-state index contributed by atoms with van der Waals surface area (Å²) in [5.41, 5.74) is 2.02. The summed E-state index contributed by atoms with van der Waals surface area (Å²) >= 11 is 0. The number of nitrogens with zero attached hydrogens (tertiary/aromatic N) is 2. The number of anilines is 1. The Labute approximate surface area is 159 Å². The minimum Gasteiger partial charge on any atom is -0.497 e. The highest BCUT2D eigenvalue weighted by atomic mass is 16.6. The first-order chi connectivity index (χ1) is 12.8. The van der Waals surface area contributed by atoms with Crippen LogP contribution in [0.3, 0.4) is 0 Å². The summed E-state index contributed by atoms with van der Waals surface area (Å²) in [6.07, 6.45) is 0. The molecular weight excluding hydrogens is 346 g/mol. The highest BCUT2D eigenvalue weighted by molar-refractivity contribution is 5.92. The number of nitrogens with one attached hydrogen (secondary N) is 1. The third-order valence-corrected chi connectivity index (χ3v) is 4.57. The molecule has 0 heterocycles. The number of carbonyl (C=O) groups is 1. The lowest BCUT2D eigenvalue weighted by atomic mass is 10.1. The average molecular weight is 371 g/mol. The molecule has 1 amide bonds. The molecule has 7 heteroatoms. The standard InChI is InChI=1S/C20H25N3O4/c1-5-22(15(3)16-7-6-8-18(11-16)27-4)13-20(24)21-17-10-9-14(2)19(12-17)23(25)26/h6-12,15H,5,13H2,1-4H3,(H,21,24). The fourth-order valence-corrected chi connectivity index (χ4v) is 2.90. The molecule has 0 bridgehead atoms. The second kappa shape index (κ2) is 9.14. The number of carbonyl (C=O) groups excluding carboxylic acids is 1. The van der Waals surface area contributed by atoms with Gasteiger partial charge in [0.15, 0.2) is 0 Å². The van der Waals surface area contributed by atoms with E-state index in [2.05, 4.69) is 5.32 Å². The van der Waals surface area contributed by atoms with Crippen molar-refractivity contribution < 1.29 is 14.5 Å². The van der Waals surface area contributed by atoms with Crippen molar-refractivity contribution in [3.8, 4) is 5.75 Å². The minimum atomic E-state index is -0.450. The maximum atomic E-state index is 12.5. The molecule has 2 rings (SSSR count). The Balaban J connectivity index is 2.08. The Morgan fingerprint density at radius 1 is 1.30 bits per heavy atom. The smallest absolute Gasteiger partial charge is 0.274 e. The van der Waals surface area contributed by atoms with E-state index in [1.54, 1.807) is 26.2 Å². The van der Waals surface area contributed by atoms with Crippen molar-refractivity contribution >= 4 is 17.3 Å². The van der Waals surface area contributed by atoms with Crippen molar-refractivity contribution in [2.24, 2.45) is 0 Å². The first kappa shape index (κ1) is 20.4. The van der Waals surface area contributed by atoms with E-state index in [1.807, 2.05) is 43.0 Å². The van der Waals surface area contributed by atoms with Crippen LogP contribution in [0, 0.1) is 17.0 Å². The molecule has 0 aliphatic rings. The average Bonchev–Trinajstić information content (AvgIpc) is 2.66. The minimum absolute atomic E-state index is 0.00936. The summed E-state index contributed by atoms with van der Waals surface area (Å²) in [6.45, 7) is 6.54. The summed E-state index contributed by atoms with van der Waals surface area (Å²) < 4.78 is 5.27. The van der Waals surface area contributed by atoms with E-state index < -0.39 is 4.92 Å². The van der Waals surface area contributed by atoms with Gasteiger partial charge in [0.25, 0.3) is 5.69 Å². The molecule has 7 nitrogen and oxygen atoms in total. The van der Waals surface area contributed by atoms with E-state index in [-0.39, 0.29) is 24.2 Å². The molecule has 2 aromatic carbocycles. The van der Waals surface area contributed by atoms with Gasteiger partial charge in [-0.3, -0.25) is 19.8 Å². The quantitative estimate of drug-likeness (QED) is 0.561. The number of amides is 1. The molecule has 0 aliphatic carbocycles. The number of nitro groups is 1. The van der Waals surface area contributed by atoms with E-state index in [4.69, 9.17) is 4.74 Å². The number of hydrogen-bond acceptors (Lipinski definition) is 5. The number of likely N-dealkylation sites (N-methyl/N-ethyl adjacent to an activating group) is 1. The van der Waals surface area contributed by atoms with Crippen LogP contribution in [0.15, 0.2) is 42.5 Å². The maximum Gasteiger partial charge on any atom is 0.274 e. The SMILES string of the molecule is CCN(CC(=O)Nc1ccc(C)c([N+](=O)[O-])c1)C(C)c1cccc(OC)c1. The van der Waals surface area contributed by atoms with Gasteiger partial charge >= 0.3 is 0 Å². The number of aryl methyl sites for hydroxylation is 1. The fraction of sp³-hybridized carbons (Fsp3) is 0.350. The summed E-state index contributed by atoms with van der Waals surface area (Å²) in [5.74, 6) is 0.552. The molecule has 0 saturated heterocycles. The van der Waals surface area contributed by atoms with Gasteiger partial charge in [0, 0.05) is 23.4 Å². The van der Waals surface area contributed by atoms with E-state index in [9.17, 15) is 14.9 Å². The summed E-state index contributed by atoms with van der Waals surface area (Å²) in [5, 5.41) is 13.8. The lowest BCUT2D eigenvalue weighted by molar-refractivity contribution is -0.385. The van der Waals surface area contributed by atoms with Crippen LogP contribution in [0.1, 0.15) is 31.0 Å². The Morgan fingerprint density at radius 2 is 2.04 bits per heavy atom. The Kier molecular flexibility index (Phi) is 6.90. The van der Waals surface area contributed by atoms with E-state index in [0.29, 0.717) is 17.8 Å². The lowest BCUT2D eigenvalue weighted by Crippen LogP contribution is -2.35. The Hall–Kier alpha value is -2.93. The molecule has 0 radical (unpaired) electrons. The van der Waals surface area contributed by atoms with Gasteiger partial charge in [-0.1, -0.05) is 25.1 Å². The van der Waals surface area contributed by atoms with Crippen LogP contribution in [0.4, 0.5) is 11.4 Å². The van der Waals surface area contributed by atoms with Crippen molar-refractivity contribution in [1.82, 2.24) is 4.90 Å². The number of rotatable bonds is 8. The number of benzene rings is 2. The van der Waals surface area contributed by atoms with E-state index >= 15 is 0 Å². The van der Waals surface area contributed by atoms with Crippen LogP contribution in [0.5, 0.6) is 5.75 Å². The Morgan fingerprint density at radius 3 is 2.67 bits per heavy atom. The Bertz CT molecular complexity index is 823. The van der Waals surface area contributed by atoms with Gasteiger partial charge in [0.1, 0.15) is 5.75 Å². The molecule has 1 atom stereocenters. The van der Waals surface area contributed by atoms with Crippen LogP contribution in [-0.4, -0.2) is 35.9 Å². The molecule has 1 N–H and O–H groups in total. The van der Waals surface area contributed by atoms with Crippen molar-refractivity contribution in [2.75, 3.05) is 25.5 Å². The predicted molar refractivity (Wildman–Crippen MR) is 105 cm³/mol. The molecular formula is C20H25N3O4. The second-order valence-electron chi connectivity index (χ2n) is 6.32. The normalized spacial score (nSPS) is 11.9. The molecule has 0 aromatic heterocycles. The van der Waals surface area contributed by atoms with Crippen molar-refractivity contribution in [1.29, 1.82) is 0 Å². The molecule has 144 valence electrons. The van der Waals surface area contributed by atoms with Crippen LogP contribution in [-0.2, 0) is 4.79 Å². The zero-order valence-corrected chi connectivity index (χ0v) is 16.1. The first-order valence-electron chi connectivity index (χ1n) is 8.78. The van der Waals surface area contributed by atoms with E-state index in [1.165, 1.54) is 6.07 Å².